The number of hydrogen-bond acceptors (Lipinski definition) is 3. The highest BCUT2D eigenvalue weighted by molar-refractivity contribution is 9.10. The second-order valence-corrected chi connectivity index (χ2v) is 5.10. The lowest BCUT2D eigenvalue weighted by molar-refractivity contribution is 0.0917. The normalized spacial score (nSPS) is 15.2. The summed E-state index contributed by atoms with van der Waals surface area (Å²) in [7, 11) is 0. The first-order valence-corrected chi connectivity index (χ1v) is 6.70. The van der Waals surface area contributed by atoms with Crippen molar-refractivity contribution < 1.29 is 4.79 Å². The molecule has 1 aliphatic rings. The predicted molar refractivity (Wildman–Crippen MR) is 71.2 cm³/mol. The van der Waals surface area contributed by atoms with Gasteiger partial charge in [0.05, 0.1) is 5.56 Å². The van der Waals surface area contributed by atoms with E-state index >= 15 is 0 Å². The Morgan fingerprint density at radius 3 is 2.94 bits per heavy atom. The van der Waals surface area contributed by atoms with Gasteiger partial charge in [-0.15, -0.1) is 0 Å². The van der Waals surface area contributed by atoms with Crippen molar-refractivity contribution in [2.24, 2.45) is 0 Å². The Morgan fingerprint density at radius 1 is 1.59 bits per heavy atom. The predicted octanol–water partition coefficient (Wildman–Crippen LogP) is 2.56. The van der Waals surface area contributed by atoms with Crippen LogP contribution in [0.5, 0.6) is 0 Å². The number of nitrogens with one attached hydrogen (secondary N) is 2. The third kappa shape index (κ3) is 2.97. The highest BCUT2D eigenvalue weighted by atomic mass is 79.9. The summed E-state index contributed by atoms with van der Waals surface area (Å²) >= 11 is 3.34. The highest BCUT2D eigenvalue weighted by Crippen LogP contribution is 2.21. The van der Waals surface area contributed by atoms with E-state index in [9.17, 15) is 4.79 Å². The van der Waals surface area contributed by atoms with Crippen molar-refractivity contribution in [2.75, 3.05) is 11.9 Å². The molecule has 1 saturated carbocycles. The van der Waals surface area contributed by atoms with E-state index in [0.717, 1.165) is 23.9 Å². The van der Waals surface area contributed by atoms with Gasteiger partial charge >= 0.3 is 0 Å². The van der Waals surface area contributed by atoms with E-state index in [1.54, 1.807) is 12.3 Å². The van der Waals surface area contributed by atoms with Gasteiger partial charge in [-0.1, -0.05) is 0 Å². The topological polar surface area (TPSA) is 54.0 Å². The fourth-order valence-corrected chi connectivity index (χ4v) is 2.07. The van der Waals surface area contributed by atoms with Gasteiger partial charge in [0.2, 0.25) is 0 Å². The molecule has 1 fully saturated rings. The molecular weight excluding hydrogens is 282 g/mol. The molecule has 17 heavy (non-hydrogen) atoms. The molecule has 92 valence electrons. The molecular formula is C12H16BrN3O. The molecule has 1 aliphatic carbocycles. The van der Waals surface area contributed by atoms with E-state index in [1.807, 2.05) is 6.92 Å². The molecule has 0 aromatic carbocycles. The number of nitrogens with zero attached hydrogens (tertiary/aromatic N) is 1. The summed E-state index contributed by atoms with van der Waals surface area (Å²) in [6.45, 7) is 2.73. The summed E-state index contributed by atoms with van der Waals surface area (Å²) in [6.07, 6.45) is 5.08. The van der Waals surface area contributed by atoms with Crippen molar-refractivity contribution in [3.05, 3.63) is 22.3 Å². The molecule has 1 aromatic heterocycles. The molecule has 2 N–H and O–H groups in total. The lowest BCUT2D eigenvalue weighted by atomic mass is 9.93. The fourth-order valence-electron chi connectivity index (χ4n) is 1.74. The van der Waals surface area contributed by atoms with Crippen LogP contribution in [0, 0.1) is 0 Å². The third-order valence-corrected chi connectivity index (χ3v) is 3.32. The van der Waals surface area contributed by atoms with Crippen molar-refractivity contribution >= 4 is 27.7 Å². The van der Waals surface area contributed by atoms with Gasteiger partial charge in [0.25, 0.3) is 5.91 Å². The molecule has 4 nitrogen and oxygen atoms in total. The summed E-state index contributed by atoms with van der Waals surface area (Å²) < 4.78 is 0.818. The number of carbonyl (C=O) groups is 1. The molecule has 0 unspecified atom stereocenters. The lowest BCUT2D eigenvalue weighted by Crippen LogP contribution is -2.39. The number of rotatable bonds is 4. The number of halogens is 1. The van der Waals surface area contributed by atoms with Gasteiger partial charge < -0.3 is 10.6 Å². The van der Waals surface area contributed by atoms with Crippen molar-refractivity contribution in [3.63, 3.8) is 0 Å². The summed E-state index contributed by atoms with van der Waals surface area (Å²) in [5.41, 5.74) is 0.605. The molecule has 0 bridgehead atoms. The van der Waals surface area contributed by atoms with Crippen LogP contribution < -0.4 is 10.6 Å². The number of pyridine rings is 1. The van der Waals surface area contributed by atoms with Crippen LogP contribution in [0.25, 0.3) is 0 Å². The highest BCUT2D eigenvalue weighted by Gasteiger charge is 2.22. The van der Waals surface area contributed by atoms with Crippen molar-refractivity contribution in [1.82, 2.24) is 10.3 Å². The zero-order valence-corrected chi connectivity index (χ0v) is 11.4. The first kappa shape index (κ1) is 12.4. The van der Waals surface area contributed by atoms with Crippen molar-refractivity contribution in [3.8, 4) is 0 Å². The number of aromatic nitrogens is 1. The van der Waals surface area contributed by atoms with Crippen LogP contribution in [-0.4, -0.2) is 23.5 Å². The lowest BCUT2D eigenvalue weighted by Gasteiger charge is -2.26. The molecule has 0 radical (unpaired) electrons. The van der Waals surface area contributed by atoms with Gasteiger partial charge in [0.15, 0.2) is 0 Å². The van der Waals surface area contributed by atoms with Crippen LogP contribution in [0.3, 0.4) is 0 Å². The monoisotopic (exact) mass is 297 g/mol. The molecule has 1 heterocycles. The first-order valence-electron chi connectivity index (χ1n) is 5.91. The first-order chi connectivity index (χ1) is 8.20. The molecule has 1 aromatic rings. The Balaban J connectivity index is 2.15. The third-order valence-electron chi connectivity index (χ3n) is 2.88. The number of amides is 1. The minimum atomic E-state index is -0.0422. The van der Waals surface area contributed by atoms with Crippen LogP contribution in [-0.2, 0) is 0 Å². The molecule has 0 saturated heterocycles. The van der Waals surface area contributed by atoms with E-state index in [4.69, 9.17) is 0 Å². The molecule has 1 amide bonds. The fraction of sp³-hybridized carbons (Fsp3) is 0.500. The Labute approximate surface area is 109 Å². The number of carbonyl (C=O) groups excluding carboxylic acids is 1. The zero-order valence-electron chi connectivity index (χ0n) is 9.79. The second-order valence-electron chi connectivity index (χ2n) is 4.18. The molecule has 0 aliphatic heterocycles. The minimum absolute atomic E-state index is 0.0422. The quantitative estimate of drug-likeness (QED) is 0.898. The Morgan fingerprint density at radius 2 is 2.35 bits per heavy atom. The Hall–Kier alpha value is -1.10. The van der Waals surface area contributed by atoms with Gasteiger partial charge in [-0.2, -0.15) is 0 Å². The van der Waals surface area contributed by atoms with Crippen LogP contribution in [0.15, 0.2) is 16.7 Å². The van der Waals surface area contributed by atoms with Crippen LogP contribution in [0.2, 0.25) is 0 Å². The number of anilines is 1. The Bertz CT molecular complexity index is 418. The van der Waals surface area contributed by atoms with Gasteiger partial charge in [-0.25, -0.2) is 4.98 Å². The molecule has 0 atom stereocenters. The van der Waals surface area contributed by atoms with Crippen molar-refractivity contribution in [1.29, 1.82) is 0 Å². The maximum absolute atomic E-state index is 12.1. The van der Waals surface area contributed by atoms with E-state index in [0.29, 0.717) is 17.4 Å². The van der Waals surface area contributed by atoms with E-state index in [2.05, 4.69) is 31.5 Å². The number of hydrogen-bond donors (Lipinski definition) is 2. The average Bonchev–Trinajstić information content (AvgIpc) is 2.26. The summed E-state index contributed by atoms with van der Waals surface area (Å²) in [4.78, 5) is 16.3. The van der Waals surface area contributed by atoms with Crippen LogP contribution in [0.4, 0.5) is 5.82 Å². The Kier molecular flexibility index (Phi) is 3.99. The zero-order chi connectivity index (χ0) is 12.3. The van der Waals surface area contributed by atoms with Gasteiger partial charge in [0.1, 0.15) is 5.82 Å². The molecule has 2 rings (SSSR count). The smallest absolute Gasteiger partial charge is 0.255 e. The minimum Gasteiger partial charge on any atom is -0.370 e. The van der Waals surface area contributed by atoms with Gasteiger partial charge in [0, 0.05) is 23.3 Å². The SMILES string of the molecule is CCNc1ncc(Br)cc1C(=O)NC1CCC1. The maximum Gasteiger partial charge on any atom is 0.255 e. The van der Waals surface area contributed by atoms with Crippen LogP contribution >= 0.6 is 15.9 Å². The molecule has 0 spiro atoms. The average molecular weight is 298 g/mol. The van der Waals surface area contributed by atoms with E-state index in [-0.39, 0.29) is 5.91 Å². The summed E-state index contributed by atoms with van der Waals surface area (Å²) in [5.74, 6) is 0.604. The summed E-state index contributed by atoms with van der Waals surface area (Å²) in [6, 6.07) is 2.15. The maximum atomic E-state index is 12.1. The van der Waals surface area contributed by atoms with Gasteiger partial charge in [-0.05, 0) is 48.2 Å². The van der Waals surface area contributed by atoms with Crippen LogP contribution in [0.1, 0.15) is 36.5 Å². The largest absolute Gasteiger partial charge is 0.370 e. The van der Waals surface area contributed by atoms with Crippen molar-refractivity contribution in [2.45, 2.75) is 32.2 Å². The molecule has 5 heteroatoms. The second kappa shape index (κ2) is 5.49. The van der Waals surface area contributed by atoms with Gasteiger partial charge in [-0.3, -0.25) is 4.79 Å². The van der Waals surface area contributed by atoms with E-state index < -0.39 is 0 Å². The van der Waals surface area contributed by atoms with E-state index in [1.165, 1.54) is 6.42 Å². The summed E-state index contributed by atoms with van der Waals surface area (Å²) in [5, 5.41) is 6.12. The standard InChI is InChI=1S/C12H16BrN3O/c1-2-14-11-10(6-8(13)7-15-11)12(17)16-9-4-3-5-9/h6-7,9H,2-5H2,1H3,(H,14,15)(H,16,17).